The highest BCUT2D eigenvalue weighted by Crippen LogP contribution is 2.47. The maximum Gasteiger partial charge on any atom is 0.157 e. The SMILES string of the molecule is Cc1nc(N2CCC3(CCC[C@H]3N)CC2)c(-c2ccn[nH]2)nc1Sc1cccc(Cl)c1Cl. The van der Waals surface area contributed by atoms with Gasteiger partial charge in [0.1, 0.15) is 10.7 Å². The van der Waals surface area contributed by atoms with Crippen LogP contribution >= 0.6 is 35.0 Å². The van der Waals surface area contributed by atoms with Crippen molar-refractivity contribution < 1.29 is 0 Å². The molecule has 2 aliphatic rings. The minimum atomic E-state index is 0.298. The van der Waals surface area contributed by atoms with Crippen LogP contribution in [-0.2, 0) is 0 Å². The molecular formula is C23H26Cl2N6S. The third-order valence-electron chi connectivity index (χ3n) is 6.92. The largest absolute Gasteiger partial charge is 0.355 e. The monoisotopic (exact) mass is 488 g/mol. The fourth-order valence-electron chi connectivity index (χ4n) is 4.99. The van der Waals surface area contributed by atoms with E-state index in [4.69, 9.17) is 38.9 Å². The number of nitrogens with one attached hydrogen (secondary N) is 1. The zero-order valence-electron chi connectivity index (χ0n) is 17.9. The van der Waals surface area contributed by atoms with Crippen molar-refractivity contribution in [2.24, 2.45) is 11.1 Å². The first-order chi connectivity index (χ1) is 15.5. The molecule has 1 aliphatic carbocycles. The molecule has 3 N–H and O–H groups in total. The molecule has 0 radical (unpaired) electrons. The molecular weight excluding hydrogens is 463 g/mol. The molecule has 2 aromatic heterocycles. The Morgan fingerprint density at radius 3 is 2.66 bits per heavy atom. The maximum absolute atomic E-state index is 6.49. The molecule has 1 atom stereocenters. The number of benzene rings is 1. The van der Waals surface area contributed by atoms with E-state index < -0.39 is 0 Å². The number of hydrogen-bond acceptors (Lipinski definition) is 6. The van der Waals surface area contributed by atoms with Crippen LogP contribution in [0.3, 0.4) is 0 Å². The van der Waals surface area contributed by atoms with Gasteiger partial charge in [0, 0.05) is 30.2 Å². The first-order valence-corrected chi connectivity index (χ1v) is 12.5. The molecule has 1 aromatic carbocycles. The quantitative estimate of drug-likeness (QED) is 0.487. The van der Waals surface area contributed by atoms with Crippen molar-refractivity contribution >= 4 is 40.8 Å². The third-order valence-corrected chi connectivity index (χ3v) is 8.99. The molecule has 5 rings (SSSR count). The van der Waals surface area contributed by atoms with Crippen LogP contribution in [0.15, 0.2) is 40.4 Å². The summed E-state index contributed by atoms with van der Waals surface area (Å²) in [7, 11) is 0. The molecule has 9 heteroatoms. The number of aromatic amines is 1. The smallest absolute Gasteiger partial charge is 0.157 e. The van der Waals surface area contributed by atoms with Crippen LogP contribution in [-0.4, -0.2) is 39.3 Å². The predicted octanol–water partition coefficient (Wildman–Crippen LogP) is 5.73. The van der Waals surface area contributed by atoms with Crippen molar-refractivity contribution in [3.8, 4) is 11.4 Å². The zero-order chi connectivity index (χ0) is 22.3. The van der Waals surface area contributed by atoms with Crippen LogP contribution in [0.4, 0.5) is 5.82 Å². The molecule has 1 aliphatic heterocycles. The van der Waals surface area contributed by atoms with Gasteiger partial charge in [0.05, 0.1) is 21.4 Å². The lowest BCUT2D eigenvalue weighted by Crippen LogP contribution is -2.47. The molecule has 1 spiro atoms. The lowest BCUT2D eigenvalue weighted by Gasteiger charge is -2.42. The molecule has 3 aromatic rings. The van der Waals surface area contributed by atoms with Crippen LogP contribution in [0.25, 0.3) is 11.4 Å². The van der Waals surface area contributed by atoms with Crippen molar-refractivity contribution in [2.75, 3.05) is 18.0 Å². The zero-order valence-corrected chi connectivity index (χ0v) is 20.3. The first-order valence-electron chi connectivity index (χ1n) is 11.0. The van der Waals surface area contributed by atoms with Gasteiger partial charge >= 0.3 is 0 Å². The Kier molecular flexibility index (Phi) is 6.09. The number of anilines is 1. The van der Waals surface area contributed by atoms with Gasteiger partial charge in [-0.05, 0) is 56.2 Å². The molecule has 0 unspecified atom stereocenters. The van der Waals surface area contributed by atoms with Crippen molar-refractivity contribution in [1.82, 2.24) is 20.2 Å². The van der Waals surface area contributed by atoms with Gasteiger partial charge in [-0.25, -0.2) is 9.97 Å². The van der Waals surface area contributed by atoms with E-state index in [9.17, 15) is 0 Å². The highest BCUT2D eigenvalue weighted by Gasteiger charge is 2.43. The Bertz CT molecular complexity index is 1110. The number of nitrogens with two attached hydrogens (primary N) is 1. The standard InChI is InChI=1S/C23H26Cl2N6S/c1-14-22(32-17-5-2-4-15(24)19(17)25)29-20(16-7-11-27-30-16)21(28-14)31-12-9-23(10-13-31)8-3-6-18(23)26/h2,4-5,7,11,18H,3,6,8-10,12-13,26H2,1H3,(H,27,30)/t18-/m1/s1. The molecule has 0 bridgehead atoms. The van der Waals surface area contributed by atoms with Gasteiger partial charge in [0.25, 0.3) is 0 Å². The summed E-state index contributed by atoms with van der Waals surface area (Å²) in [6.07, 6.45) is 7.59. The minimum Gasteiger partial charge on any atom is -0.355 e. The average molecular weight is 489 g/mol. The van der Waals surface area contributed by atoms with E-state index in [1.54, 1.807) is 12.3 Å². The molecule has 2 fully saturated rings. The summed E-state index contributed by atoms with van der Waals surface area (Å²) in [6, 6.07) is 7.87. The van der Waals surface area contributed by atoms with Gasteiger partial charge in [0.2, 0.25) is 0 Å². The molecule has 1 saturated carbocycles. The number of H-pyrrole nitrogens is 1. The highest BCUT2D eigenvalue weighted by atomic mass is 35.5. The van der Waals surface area contributed by atoms with Crippen LogP contribution in [0.2, 0.25) is 10.0 Å². The summed E-state index contributed by atoms with van der Waals surface area (Å²) in [6.45, 7) is 3.87. The number of nitrogens with zero attached hydrogens (tertiary/aromatic N) is 4. The van der Waals surface area contributed by atoms with Crippen LogP contribution in [0.1, 0.15) is 37.8 Å². The second-order valence-electron chi connectivity index (χ2n) is 8.76. The Morgan fingerprint density at radius 2 is 1.97 bits per heavy atom. The second-order valence-corrected chi connectivity index (χ2v) is 10.6. The van der Waals surface area contributed by atoms with Crippen LogP contribution in [0.5, 0.6) is 0 Å². The molecule has 1 saturated heterocycles. The van der Waals surface area contributed by atoms with Gasteiger partial charge < -0.3 is 10.6 Å². The van der Waals surface area contributed by atoms with E-state index in [0.717, 1.165) is 65.2 Å². The summed E-state index contributed by atoms with van der Waals surface area (Å²) in [5, 5.41) is 9.06. The van der Waals surface area contributed by atoms with Crippen molar-refractivity contribution in [3.05, 3.63) is 46.2 Å². The molecule has 0 amide bonds. The van der Waals surface area contributed by atoms with E-state index in [2.05, 4.69) is 15.1 Å². The molecule has 6 nitrogen and oxygen atoms in total. The van der Waals surface area contributed by atoms with Crippen molar-refractivity contribution in [1.29, 1.82) is 0 Å². The molecule has 168 valence electrons. The Labute approximate surface area is 202 Å². The van der Waals surface area contributed by atoms with Crippen LogP contribution < -0.4 is 10.6 Å². The third kappa shape index (κ3) is 4.00. The Morgan fingerprint density at radius 1 is 1.16 bits per heavy atom. The van der Waals surface area contributed by atoms with E-state index >= 15 is 0 Å². The second kappa shape index (κ2) is 8.86. The van der Waals surface area contributed by atoms with Gasteiger partial charge in [-0.3, -0.25) is 5.10 Å². The number of aryl methyl sites for hydroxylation is 1. The normalized spacial score (nSPS) is 20.2. The van der Waals surface area contributed by atoms with E-state index in [-0.39, 0.29) is 0 Å². The predicted molar refractivity (Wildman–Crippen MR) is 131 cm³/mol. The number of rotatable bonds is 4. The highest BCUT2D eigenvalue weighted by molar-refractivity contribution is 7.99. The number of halogens is 2. The van der Waals surface area contributed by atoms with E-state index in [1.807, 2.05) is 25.1 Å². The number of aromatic nitrogens is 4. The molecule has 3 heterocycles. The summed E-state index contributed by atoms with van der Waals surface area (Å²) in [5.41, 5.74) is 9.31. The lowest BCUT2D eigenvalue weighted by molar-refractivity contribution is 0.197. The summed E-state index contributed by atoms with van der Waals surface area (Å²) in [4.78, 5) is 13.3. The summed E-state index contributed by atoms with van der Waals surface area (Å²) < 4.78 is 0. The van der Waals surface area contributed by atoms with E-state index in [0.29, 0.717) is 21.5 Å². The lowest BCUT2D eigenvalue weighted by atomic mass is 9.74. The fourth-order valence-corrected chi connectivity index (χ4v) is 6.35. The van der Waals surface area contributed by atoms with E-state index in [1.165, 1.54) is 24.6 Å². The van der Waals surface area contributed by atoms with Gasteiger partial charge in [-0.1, -0.05) is 47.5 Å². The minimum absolute atomic E-state index is 0.298. The Hall–Kier alpha value is -1.80. The number of hydrogen-bond donors (Lipinski definition) is 2. The molecule has 32 heavy (non-hydrogen) atoms. The van der Waals surface area contributed by atoms with Crippen molar-refractivity contribution in [2.45, 2.75) is 55.0 Å². The van der Waals surface area contributed by atoms with Crippen molar-refractivity contribution in [3.63, 3.8) is 0 Å². The van der Waals surface area contributed by atoms with Gasteiger partial charge in [-0.2, -0.15) is 5.10 Å². The van der Waals surface area contributed by atoms with Gasteiger partial charge in [0.15, 0.2) is 5.82 Å². The number of piperidine rings is 1. The fraction of sp³-hybridized carbons (Fsp3) is 0.435. The van der Waals surface area contributed by atoms with Crippen LogP contribution in [0, 0.1) is 12.3 Å². The topological polar surface area (TPSA) is 83.7 Å². The summed E-state index contributed by atoms with van der Waals surface area (Å²) in [5.74, 6) is 0.898. The van der Waals surface area contributed by atoms with Gasteiger partial charge in [-0.15, -0.1) is 0 Å². The average Bonchev–Trinajstić information content (AvgIpc) is 3.44. The first kappa shape index (κ1) is 22.0. The summed E-state index contributed by atoms with van der Waals surface area (Å²) >= 11 is 14.1. The Balaban J connectivity index is 1.48. The maximum atomic E-state index is 6.49.